The molecule has 8 heteroatoms. The van der Waals surface area contributed by atoms with Gasteiger partial charge in [0.1, 0.15) is 0 Å². The van der Waals surface area contributed by atoms with Gasteiger partial charge >= 0.3 is 0 Å². The first-order valence-corrected chi connectivity index (χ1v) is 10.4. The second-order valence-corrected chi connectivity index (χ2v) is 7.92. The number of aromatic nitrogens is 3. The number of hydrogen-bond donors (Lipinski definition) is 3. The number of anilines is 1. The lowest BCUT2D eigenvalue weighted by Gasteiger charge is -2.08. The highest BCUT2D eigenvalue weighted by atomic mass is 32.1. The molecule has 146 valence electrons. The predicted molar refractivity (Wildman–Crippen MR) is 111 cm³/mol. The highest BCUT2D eigenvalue weighted by molar-refractivity contribution is 7.08. The molecule has 0 spiro atoms. The second kappa shape index (κ2) is 8.22. The molecule has 2 unspecified atom stereocenters. The average Bonchev–Trinajstić information content (AvgIpc) is 3.47. The van der Waals surface area contributed by atoms with Crippen LogP contribution in [-0.4, -0.2) is 33.8 Å². The summed E-state index contributed by atoms with van der Waals surface area (Å²) in [6, 6.07) is 9.88. The van der Waals surface area contributed by atoms with Crippen molar-refractivity contribution in [1.29, 1.82) is 0 Å². The Morgan fingerprint density at radius 2 is 2.07 bits per heavy atom. The van der Waals surface area contributed by atoms with E-state index in [1.165, 1.54) is 16.0 Å². The molecule has 7 nitrogen and oxygen atoms in total. The standard InChI is InChI=1S/C20H24N6OS/c1-13-9-22-11-17(13)18-24-20(23-10-15-4-2-14(8-21)3-5-15)26(25-18)19(27)16-6-7-28-12-16/h2-7,12-13,17,22H,8-11,21H2,1H3,(H,23,24,25). The van der Waals surface area contributed by atoms with Crippen molar-refractivity contribution in [2.45, 2.75) is 25.9 Å². The van der Waals surface area contributed by atoms with Crippen LogP contribution in [0.3, 0.4) is 0 Å². The number of thiophene rings is 1. The predicted octanol–water partition coefficient (Wildman–Crippen LogP) is 2.42. The zero-order valence-corrected chi connectivity index (χ0v) is 16.6. The highest BCUT2D eigenvalue weighted by Crippen LogP contribution is 2.26. The van der Waals surface area contributed by atoms with Crippen LogP contribution in [0.25, 0.3) is 0 Å². The van der Waals surface area contributed by atoms with Gasteiger partial charge in [-0.2, -0.15) is 21.0 Å². The molecule has 1 fully saturated rings. The molecule has 1 aliphatic rings. The Hall–Kier alpha value is -2.55. The van der Waals surface area contributed by atoms with E-state index in [4.69, 9.17) is 5.73 Å². The first-order valence-electron chi connectivity index (χ1n) is 9.42. The van der Waals surface area contributed by atoms with Crippen molar-refractivity contribution in [1.82, 2.24) is 20.1 Å². The van der Waals surface area contributed by atoms with E-state index in [9.17, 15) is 4.79 Å². The van der Waals surface area contributed by atoms with Crippen molar-refractivity contribution in [3.8, 4) is 0 Å². The van der Waals surface area contributed by atoms with Gasteiger partial charge in [0, 0.05) is 30.9 Å². The SMILES string of the molecule is CC1CNCC1c1nc(NCc2ccc(CN)cc2)n(C(=O)c2ccsc2)n1. The van der Waals surface area contributed by atoms with Crippen molar-refractivity contribution in [2.75, 3.05) is 18.4 Å². The molecule has 28 heavy (non-hydrogen) atoms. The summed E-state index contributed by atoms with van der Waals surface area (Å²) in [4.78, 5) is 17.6. The van der Waals surface area contributed by atoms with E-state index in [1.807, 2.05) is 41.1 Å². The minimum atomic E-state index is -0.167. The van der Waals surface area contributed by atoms with Gasteiger partial charge in [-0.15, -0.1) is 5.10 Å². The monoisotopic (exact) mass is 396 g/mol. The third-order valence-corrected chi connectivity index (χ3v) is 5.83. The number of nitrogens with one attached hydrogen (secondary N) is 2. The van der Waals surface area contributed by atoms with Gasteiger partial charge in [-0.05, 0) is 35.0 Å². The minimum Gasteiger partial charge on any atom is -0.350 e. The van der Waals surface area contributed by atoms with Crippen LogP contribution in [0.4, 0.5) is 5.95 Å². The Morgan fingerprint density at radius 3 is 2.71 bits per heavy atom. The molecule has 0 aliphatic carbocycles. The van der Waals surface area contributed by atoms with Gasteiger partial charge in [0.05, 0.1) is 5.56 Å². The van der Waals surface area contributed by atoms with E-state index in [2.05, 4.69) is 27.6 Å². The molecule has 1 saturated heterocycles. The van der Waals surface area contributed by atoms with E-state index in [0.717, 1.165) is 24.2 Å². The molecular weight excluding hydrogens is 372 g/mol. The molecule has 0 bridgehead atoms. The highest BCUT2D eigenvalue weighted by Gasteiger charge is 2.30. The third-order valence-electron chi connectivity index (χ3n) is 5.14. The third kappa shape index (κ3) is 3.84. The smallest absolute Gasteiger partial charge is 0.282 e. The molecule has 1 aromatic carbocycles. The first kappa shape index (κ1) is 18.8. The van der Waals surface area contributed by atoms with Crippen molar-refractivity contribution in [2.24, 2.45) is 11.7 Å². The lowest BCUT2D eigenvalue weighted by atomic mass is 9.98. The average molecular weight is 397 g/mol. The van der Waals surface area contributed by atoms with Gasteiger partial charge in [-0.3, -0.25) is 4.79 Å². The fourth-order valence-electron chi connectivity index (χ4n) is 3.38. The van der Waals surface area contributed by atoms with Crippen LogP contribution < -0.4 is 16.4 Å². The lowest BCUT2D eigenvalue weighted by molar-refractivity contribution is 0.0947. The maximum absolute atomic E-state index is 12.9. The summed E-state index contributed by atoms with van der Waals surface area (Å²) in [6.45, 7) is 5.02. The van der Waals surface area contributed by atoms with Crippen LogP contribution >= 0.6 is 11.3 Å². The topological polar surface area (TPSA) is 97.9 Å². The van der Waals surface area contributed by atoms with Crippen LogP contribution in [0.5, 0.6) is 0 Å². The van der Waals surface area contributed by atoms with Crippen molar-refractivity contribution < 1.29 is 4.79 Å². The van der Waals surface area contributed by atoms with Gasteiger partial charge in [-0.1, -0.05) is 31.2 Å². The second-order valence-electron chi connectivity index (χ2n) is 7.14. The van der Waals surface area contributed by atoms with Crippen LogP contribution in [0.15, 0.2) is 41.1 Å². The quantitative estimate of drug-likeness (QED) is 0.592. The Labute approximate surface area is 168 Å². The number of benzene rings is 1. The van der Waals surface area contributed by atoms with E-state index >= 15 is 0 Å². The van der Waals surface area contributed by atoms with Crippen molar-refractivity contribution >= 4 is 23.2 Å². The lowest BCUT2D eigenvalue weighted by Crippen LogP contribution is -2.17. The normalized spacial score (nSPS) is 19.1. The molecule has 3 heterocycles. The first-order chi connectivity index (χ1) is 13.7. The van der Waals surface area contributed by atoms with E-state index in [0.29, 0.717) is 36.3 Å². The summed E-state index contributed by atoms with van der Waals surface area (Å²) in [5.41, 5.74) is 8.46. The zero-order valence-electron chi connectivity index (χ0n) is 15.8. The molecule has 0 saturated carbocycles. The molecule has 2 aromatic heterocycles. The number of nitrogens with two attached hydrogens (primary N) is 1. The molecule has 4 N–H and O–H groups in total. The summed E-state index contributed by atoms with van der Waals surface area (Å²) < 4.78 is 1.40. The summed E-state index contributed by atoms with van der Waals surface area (Å²) in [5, 5.41) is 15.0. The minimum absolute atomic E-state index is 0.167. The Bertz CT molecular complexity index is 934. The summed E-state index contributed by atoms with van der Waals surface area (Å²) in [6.07, 6.45) is 0. The molecule has 1 aliphatic heterocycles. The molecule has 3 aromatic rings. The molecular formula is C20H24N6OS. The molecule has 2 atom stereocenters. The van der Waals surface area contributed by atoms with Crippen molar-refractivity contribution in [3.05, 3.63) is 63.6 Å². The summed E-state index contributed by atoms with van der Waals surface area (Å²) in [5.74, 6) is 1.67. The van der Waals surface area contributed by atoms with Gasteiger partial charge in [-0.25, -0.2) is 0 Å². The van der Waals surface area contributed by atoms with Crippen LogP contribution in [-0.2, 0) is 13.1 Å². The Balaban J connectivity index is 1.59. The number of hydrogen-bond acceptors (Lipinski definition) is 7. The van der Waals surface area contributed by atoms with E-state index in [1.54, 1.807) is 0 Å². The Morgan fingerprint density at radius 1 is 1.29 bits per heavy atom. The van der Waals surface area contributed by atoms with Crippen LogP contribution in [0, 0.1) is 5.92 Å². The summed E-state index contributed by atoms with van der Waals surface area (Å²) in [7, 11) is 0. The van der Waals surface area contributed by atoms with Crippen molar-refractivity contribution in [3.63, 3.8) is 0 Å². The maximum Gasteiger partial charge on any atom is 0.282 e. The molecule has 4 rings (SSSR count). The van der Waals surface area contributed by atoms with Gasteiger partial charge in [0.15, 0.2) is 5.82 Å². The van der Waals surface area contributed by atoms with Crippen LogP contribution in [0.1, 0.15) is 40.2 Å². The van der Waals surface area contributed by atoms with Gasteiger partial charge < -0.3 is 16.4 Å². The number of nitrogens with zero attached hydrogens (tertiary/aromatic N) is 3. The van der Waals surface area contributed by atoms with Gasteiger partial charge in [0.25, 0.3) is 5.91 Å². The fraction of sp³-hybridized carbons (Fsp3) is 0.350. The Kier molecular flexibility index (Phi) is 5.52. The number of carbonyl (C=O) groups excluding carboxylic acids is 1. The molecule has 0 radical (unpaired) electrons. The van der Waals surface area contributed by atoms with E-state index < -0.39 is 0 Å². The molecule has 0 amide bonds. The number of rotatable bonds is 6. The maximum atomic E-state index is 12.9. The zero-order chi connectivity index (χ0) is 19.5. The fourth-order valence-corrected chi connectivity index (χ4v) is 4.01. The summed E-state index contributed by atoms with van der Waals surface area (Å²) >= 11 is 1.49. The van der Waals surface area contributed by atoms with E-state index in [-0.39, 0.29) is 11.8 Å². The number of carbonyl (C=O) groups is 1. The van der Waals surface area contributed by atoms with Gasteiger partial charge in [0.2, 0.25) is 5.95 Å². The van der Waals surface area contributed by atoms with Crippen LogP contribution in [0.2, 0.25) is 0 Å². The largest absolute Gasteiger partial charge is 0.350 e.